The second-order valence-corrected chi connectivity index (χ2v) is 4.58. The van der Waals surface area contributed by atoms with Crippen molar-refractivity contribution < 1.29 is 9.59 Å². The largest absolute Gasteiger partial charge is 0.356 e. The van der Waals surface area contributed by atoms with Crippen LogP contribution in [-0.2, 0) is 16.0 Å². The van der Waals surface area contributed by atoms with E-state index in [1.54, 1.807) is 0 Å². The molecule has 0 aliphatic heterocycles. The van der Waals surface area contributed by atoms with Crippen molar-refractivity contribution in [3.63, 3.8) is 0 Å². The van der Waals surface area contributed by atoms with Gasteiger partial charge in [0.1, 0.15) is 0 Å². The molecule has 4 heteroatoms. The van der Waals surface area contributed by atoms with Crippen molar-refractivity contribution in [3.05, 3.63) is 29.8 Å². The molecule has 0 unspecified atom stereocenters. The summed E-state index contributed by atoms with van der Waals surface area (Å²) in [6.45, 7) is 3.98. The first-order valence-electron chi connectivity index (χ1n) is 6.75. The third-order valence-corrected chi connectivity index (χ3v) is 2.78. The van der Waals surface area contributed by atoms with Gasteiger partial charge in [-0.15, -0.1) is 0 Å². The van der Waals surface area contributed by atoms with E-state index >= 15 is 0 Å². The molecule has 1 rings (SSSR count). The number of anilines is 1. The van der Waals surface area contributed by atoms with Gasteiger partial charge in [-0.2, -0.15) is 0 Å². The maximum atomic E-state index is 11.6. The van der Waals surface area contributed by atoms with Crippen molar-refractivity contribution in [1.82, 2.24) is 5.32 Å². The number of hydrogen-bond acceptors (Lipinski definition) is 2. The normalized spacial score (nSPS) is 10.0. The summed E-state index contributed by atoms with van der Waals surface area (Å²) in [5, 5.41) is 5.40. The topological polar surface area (TPSA) is 58.2 Å². The average Bonchev–Trinajstić information content (AvgIpc) is 2.37. The third kappa shape index (κ3) is 6.60. The molecule has 2 amide bonds. The van der Waals surface area contributed by atoms with Crippen molar-refractivity contribution >= 4 is 17.5 Å². The predicted molar refractivity (Wildman–Crippen MR) is 77.0 cm³/mol. The highest BCUT2D eigenvalue weighted by Gasteiger charge is 2.02. The fraction of sp³-hybridized carbons (Fsp3) is 0.467. The molecule has 0 spiro atoms. The number of hydrogen-bond donors (Lipinski definition) is 2. The van der Waals surface area contributed by atoms with Crippen LogP contribution in [0.3, 0.4) is 0 Å². The molecule has 0 fully saturated rings. The number of rotatable bonds is 7. The van der Waals surface area contributed by atoms with Crippen molar-refractivity contribution in [2.75, 3.05) is 11.9 Å². The molecular weight excluding hydrogens is 240 g/mol. The summed E-state index contributed by atoms with van der Waals surface area (Å²) in [6, 6.07) is 7.92. The van der Waals surface area contributed by atoms with Crippen LogP contribution in [-0.4, -0.2) is 18.4 Å². The highest BCUT2D eigenvalue weighted by Crippen LogP contribution is 2.11. The van der Waals surface area contributed by atoms with E-state index in [1.807, 2.05) is 24.3 Å². The summed E-state index contributed by atoms with van der Waals surface area (Å²) in [5.74, 6) is -0.205. The van der Waals surface area contributed by atoms with E-state index in [4.69, 9.17) is 0 Å². The van der Waals surface area contributed by atoms with Gasteiger partial charge in [-0.25, -0.2) is 0 Å². The number of nitrogens with one attached hydrogen (secondary N) is 2. The van der Waals surface area contributed by atoms with Crippen LogP contribution in [0.2, 0.25) is 0 Å². The quantitative estimate of drug-likeness (QED) is 0.793. The van der Waals surface area contributed by atoms with E-state index in [-0.39, 0.29) is 18.2 Å². The molecule has 0 saturated heterocycles. The lowest BCUT2D eigenvalue weighted by molar-refractivity contribution is -0.119. The number of benzene rings is 1. The Labute approximate surface area is 114 Å². The van der Waals surface area contributed by atoms with Crippen molar-refractivity contribution in [2.45, 2.75) is 39.5 Å². The maximum Gasteiger partial charge on any atom is 0.226 e. The van der Waals surface area contributed by atoms with Crippen LogP contribution < -0.4 is 10.6 Å². The Morgan fingerprint density at radius 1 is 1.16 bits per heavy atom. The summed E-state index contributed by atoms with van der Waals surface area (Å²) in [4.78, 5) is 22.3. The van der Waals surface area contributed by atoms with Gasteiger partial charge in [-0.3, -0.25) is 9.59 Å². The predicted octanol–water partition coefficient (Wildman–Crippen LogP) is 2.49. The Bertz CT molecular complexity index is 413. The molecule has 0 heterocycles. The van der Waals surface area contributed by atoms with E-state index in [0.29, 0.717) is 6.54 Å². The maximum absolute atomic E-state index is 11.6. The fourth-order valence-corrected chi connectivity index (χ4v) is 1.71. The standard InChI is InChI=1S/C15H22N2O2/c1-3-4-5-13-6-8-14(9-7-13)17-15(19)10-11-16-12(2)18/h6-9H,3-5,10-11H2,1-2H3,(H,16,18)(H,17,19). The van der Waals surface area contributed by atoms with Gasteiger partial charge >= 0.3 is 0 Å². The SMILES string of the molecule is CCCCc1ccc(NC(=O)CCNC(C)=O)cc1. The lowest BCUT2D eigenvalue weighted by Gasteiger charge is -2.07. The summed E-state index contributed by atoms with van der Waals surface area (Å²) in [5.41, 5.74) is 2.09. The molecule has 0 radical (unpaired) electrons. The molecule has 19 heavy (non-hydrogen) atoms. The Hall–Kier alpha value is -1.84. The lowest BCUT2D eigenvalue weighted by Crippen LogP contribution is -2.25. The minimum absolute atomic E-state index is 0.0879. The summed E-state index contributed by atoms with van der Waals surface area (Å²) in [6.07, 6.45) is 3.73. The molecule has 1 aromatic rings. The number of carbonyl (C=O) groups is 2. The fourth-order valence-electron chi connectivity index (χ4n) is 1.71. The molecule has 0 bridgehead atoms. The zero-order valence-corrected chi connectivity index (χ0v) is 11.7. The van der Waals surface area contributed by atoms with E-state index in [2.05, 4.69) is 17.6 Å². The van der Waals surface area contributed by atoms with Crippen LogP contribution in [0.25, 0.3) is 0 Å². The van der Waals surface area contributed by atoms with Gasteiger partial charge < -0.3 is 10.6 Å². The molecule has 0 aromatic heterocycles. The molecule has 0 atom stereocenters. The van der Waals surface area contributed by atoms with Gasteiger partial charge in [0.05, 0.1) is 0 Å². The van der Waals surface area contributed by atoms with Crippen LogP contribution >= 0.6 is 0 Å². The zero-order valence-electron chi connectivity index (χ0n) is 11.7. The summed E-state index contributed by atoms with van der Waals surface area (Å²) in [7, 11) is 0. The molecule has 4 nitrogen and oxygen atoms in total. The third-order valence-electron chi connectivity index (χ3n) is 2.78. The van der Waals surface area contributed by atoms with Crippen LogP contribution in [0, 0.1) is 0 Å². The Morgan fingerprint density at radius 2 is 1.84 bits per heavy atom. The smallest absolute Gasteiger partial charge is 0.226 e. The van der Waals surface area contributed by atoms with E-state index in [0.717, 1.165) is 12.1 Å². The van der Waals surface area contributed by atoms with Crippen LogP contribution in [0.1, 0.15) is 38.7 Å². The molecule has 0 aliphatic carbocycles. The van der Waals surface area contributed by atoms with E-state index < -0.39 is 0 Å². The highest BCUT2D eigenvalue weighted by atomic mass is 16.2. The summed E-state index contributed by atoms with van der Waals surface area (Å²) < 4.78 is 0. The van der Waals surface area contributed by atoms with E-state index in [9.17, 15) is 9.59 Å². The Balaban J connectivity index is 2.35. The van der Waals surface area contributed by atoms with Gasteiger partial charge in [0.15, 0.2) is 0 Å². The zero-order chi connectivity index (χ0) is 14.1. The molecule has 0 aliphatic rings. The Kier molecular flexibility index (Phi) is 6.64. The molecule has 2 N–H and O–H groups in total. The average molecular weight is 262 g/mol. The van der Waals surface area contributed by atoms with Gasteiger partial charge in [0, 0.05) is 25.6 Å². The minimum atomic E-state index is -0.118. The molecule has 0 saturated carbocycles. The second kappa shape index (κ2) is 8.29. The first kappa shape index (κ1) is 15.2. The van der Waals surface area contributed by atoms with Crippen molar-refractivity contribution in [1.29, 1.82) is 0 Å². The number of aryl methyl sites for hydroxylation is 1. The van der Waals surface area contributed by atoms with Gasteiger partial charge in [0.25, 0.3) is 0 Å². The molecule has 104 valence electrons. The van der Waals surface area contributed by atoms with Gasteiger partial charge in [-0.1, -0.05) is 25.5 Å². The van der Waals surface area contributed by atoms with Crippen molar-refractivity contribution in [2.24, 2.45) is 0 Å². The Morgan fingerprint density at radius 3 is 2.42 bits per heavy atom. The summed E-state index contributed by atoms with van der Waals surface area (Å²) >= 11 is 0. The number of carbonyl (C=O) groups excluding carboxylic acids is 2. The number of unbranched alkanes of at least 4 members (excludes halogenated alkanes) is 1. The first-order valence-corrected chi connectivity index (χ1v) is 6.75. The highest BCUT2D eigenvalue weighted by molar-refractivity contribution is 5.91. The first-order chi connectivity index (χ1) is 9.11. The van der Waals surface area contributed by atoms with Crippen LogP contribution in [0.15, 0.2) is 24.3 Å². The second-order valence-electron chi connectivity index (χ2n) is 4.58. The molecular formula is C15H22N2O2. The molecule has 1 aromatic carbocycles. The monoisotopic (exact) mass is 262 g/mol. The van der Waals surface area contributed by atoms with Gasteiger partial charge in [0.2, 0.25) is 11.8 Å². The van der Waals surface area contributed by atoms with Crippen molar-refractivity contribution in [3.8, 4) is 0 Å². The van der Waals surface area contributed by atoms with E-state index in [1.165, 1.54) is 25.3 Å². The number of amides is 2. The van der Waals surface area contributed by atoms with Crippen LogP contribution in [0.5, 0.6) is 0 Å². The lowest BCUT2D eigenvalue weighted by atomic mass is 10.1. The van der Waals surface area contributed by atoms with Gasteiger partial charge in [-0.05, 0) is 30.5 Å². The van der Waals surface area contributed by atoms with Crippen LogP contribution in [0.4, 0.5) is 5.69 Å². The minimum Gasteiger partial charge on any atom is -0.356 e.